The van der Waals surface area contributed by atoms with Crippen LogP contribution >= 0.6 is 0 Å². The molecule has 0 spiro atoms. The van der Waals surface area contributed by atoms with Gasteiger partial charge in [-0.15, -0.1) is 0 Å². The molecule has 0 saturated carbocycles. The number of benzene rings is 4. The number of rotatable bonds is 22. The van der Waals surface area contributed by atoms with Crippen molar-refractivity contribution in [2.75, 3.05) is 26.8 Å². The predicted molar refractivity (Wildman–Crippen MR) is 254 cm³/mol. The summed E-state index contributed by atoms with van der Waals surface area (Å²) in [6.07, 6.45) is -5.95. The highest BCUT2D eigenvalue weighted by atomic mass is 28.3. The summed E-state index contributed by atoms with van der Waals surface area (Å²) in [5, 5.41) is 0. The molecule has 64 heavy (non-hydrogen) atoms. The topological polar surface area (TPSA) is 108 Å². The molecular formula is C52H64O10Si2. The summed E-state index contributed by atoms with van der Waals surface area (Å²) in [6.45, 7) is 14.8. The lowest BCUT2D eigenvalue weighted by molar-refractivity contribution is -0.213. The Morgan fingerprint density at radius 2 is 0.844 bits per heavy atom. The molecule has 0 saturated heterocycles. The van der Waals surface area contributed by atoms with Crippen LogP contribution in [0.2, 0.25) is 51.4 Å². The van der Waals surface area contributed by atoms with E-state index in [-0.39, 0.29) is 39.6 Å². The summed E-state index contributed by atoms with van der Waals surface area (Å²) < 4.78 is 51.1. The first-order chi connectivity index (χ1) is 30.8. The number of hydrogen-bond acceptors (Lipinski definition) is 10. The second-order valence-corrected chi connectivity index (χ2v) is 29.3. The highest BCUT2D eigenvalue weighted by Gasteiger charge is 2.41. The maximum Gasteiger partial charge on any atom is 0.338 e. The van der Waals surface area contributed by atoms with Crippen LogP contribution in [-0.4, -0.2) is 91.5 Å². The van der Waals surface area contributed by atoms with Crippen molar-refractivity contribution in [3.05, 3.63) is 144 Å². The third-order valence-electron chi connectivity index (χ3n) is 10.2. The molecule has 0 radical (unpaired) electrons. The summed E-state index contributed by atoms with van der Waals surface area (Å²) in [6, 6.07) is 38.8. The normalized spacial score (nSPS) is 20.3. The largest absolute Gasteiger partial charge is 0.455 e. The van der Waals surface area contributed by atoms with E-state index in [0.29, 0.717) is 24.3 Å². The average Bonchev–Trinajstić information content (AvgIpc) is 3.28. The predicted octanol–water partition coefficient (Wildman–Crippen LogP) is 9.80. The highest BCUT2D eigenvalue weighted by Crippen LogP contribution is 2.26. The van der Waals surface area contributed by atoms with Crippen LogP contribution in [0.15, 0.2) is 121 Å². The standard InChI is InChI=1S/C52H64O10Si2/c1-63(2,3)35-33-55-39-59-49-47(61-51(53)43-25-15-9-16-26-43)31-19-29-45(57-37-41-21-11-7-12-22-41)46(58-38-42-23-13-8-14-24-42)30-20-32-48(62-52(54)44-27-17-10-18-28-44)50(49)60-40-56-34-36-64(4,5)6/h7-18,21-28,45-50H,31-40H2,1-6H3/t45-,46-,47+,48+,49+,50+/m0/s1. The third kappa shape index (κ3) is 18.3. The van der Waals surface area contributed by atoms with Crippen molar-refractivity contribution < 1.29 is 47.5 Å². The lowest BCUT2D eigenvalue weighted by atomic mass is 9.97. The van der Waals surface area contributed by atoms with Crippen LogP contribution in [0.3, 0.4) is 0 Å². The molecule has 0 aliphatic heterocycles. The number of carbonyl (C=O) groups excluding carboxylic acids is 2. The van der Waals surface area contributed by atoms with E-state index >= 15 is 0 Å². The maximum absolute atomic E-state index is 14.0. The van der Waals surface area contributed by atoms with Gasteiger partial charge in [-0.1, -0.05) is 160 Å². The second kappa shape index (κ2) is 26.2. The zero-order valence-electron chi connectivity index (χ0n) is 38.2. The van der Waals surface area contributed by atoms with Crippen molar-refractivity contribution in [2.24, 2.45) is 0 Å². The molecule has 10 nitrogen and oxygen atoms in total. The van der Waals surface area contributed by atoms with Crippen molar-refractivity contribution in [2.45, 2.75) is 114 Å². The quantitative estimate of drug-likeness (QED) is 0.0249. The van der Waals surface area contributed by atoms with Crippen molar-refractivity contribution >= 4 is 28.1 Å². The van der Waals surface area contributed by atoms with Crippen LogP contribution in [0.25, 0.3) is 0 Å². The van der Waals surface area contributed by atoms with Gasteiger partial charge in [0.1, 0.15) is 38.0 Å². The molecule has 12 heteroatoms. The molecular weight excluding hydrogens is 841 g/mol. The van der Waals surface area contributed by atoms with Gasteiger partial charge in [0, 0.05) is 42.2 Å². The molecule has 1 aliphatic rings. The zero-order valence-corrected chi connectivity index (χ0v) is 40.2. The smallest absolute Gasteiger partial charge is 0.338 e. The number of carbonyl (C=O) groups is 2. The fraction of sp³-hybridized carbons (Fsp3) is 0.423. The van der Waals surface area contributed by atoms with E-state index in [4.69, 9.17) is 37.9 Å². The maximum atomic E-state index is 14.0. The van der Waals surface area contributed by atoms with Crippen LogP contribution < -0.4 is 0 Å². The van der Waals surface area contributed by atoms with Gasteiger partial charge in [0.05, 0.1) is 24.3 Å². The SMILES string of the molecule is C[Si](C)(C)CCOCO[C@H]1[C@H](OCOCC[Si](C)(C)C)[C@H](OC(=O)c2ccccc2)CC#C[C@H](OCc2ccccc2)[C@@H](OCc2ccccc2)C#CC[C@H]1OC(=O)c1ccccc1. The first-order valence-electron chi connectivity index (χ1n) is 22.0. The Morgan fingerprint density at radius 3 is 1.19 bits per heavy atom. The van der Waals surface area contributed by atoms with E-state index in [1.54, 1.807) is 48.5 Å². The summed E-state index contributed by atoms with van der Waals surface area (Å²) in [5.74, 6) is 11.9. The van der Waals surface area contributed by atoms with E-state index in [1.165, 1.54) is 0 Å². The lowest BCUT2D eigenvalue weighted by Crippen LogP contribution is -2.51. The van der Waals surface area contributed by atoms with E-state index in [9.17, 15) is 9.59 Å². The molecule has 0 N–H and O–H groups in total. The van der Waals surface area contributed by atoms with Crippen molar-refractivity contribution in [1.82, 2.24) is 0 Å². The summed E-state index contributed by atoms with van der Waals surface area (Å²) in [5.41, 5.74) is 2.58. The van der Waals surface area contributed by atoms with E-state index in [0.717, 1.165) is 23.2 Å². The number of esters is 2. The second-order valence-electron chi connectivity index (χ2n) is 18.0. The third-order valence-corrected chi connectivity index (χ3v) is 13.6. The van der Waals surface area contributed by atoms with Crippen LogP contribution in [-0.2, 0) is 51.1 Å². The molecule has 6 atom stereocenters. The Balaban J connectivity index is 1.59. The van der Waals surface area contributed by atoms with Gasteiger partial charge in [-0.05, 0) is 47.5 Å². The Kier molecular flexibility index (Phi) is 20.5. The first-order valence-corrected chi connectivity index (χ1v) is 29.4. The molecule has 0 aromatic heterocycles. The van der Waals surface area contributed by atoms with E-state index < -0.39 is 64.7 Å². The highest BCUT2D eigenvalue weighted by molar-refractivity contribution is 6.76. The number of ether oxygens (including phenoxy) is 8. The minimum absolute atomic E-state index is 0.0160. The van der Waals surface area contributed by atoms with Crippen LogP contribution in [0.1, 0.15) is 44.7 Å². The molecule has 0 fully saturated rings. The average molecular weight is 905 g/mol. The number of hydrogen-bond donors (Lipinski definition) is 0. The molecule has 0 bridgehead atoms. The minimum Gasteiger partial charge on any atom is -0.455 e. The van der Waals surface area contributed by atoms with Gasteiger partial charge in [-0.25, -0.2) is 9.59 Å². The Hall–Kier alpha value is -4.87. The van der Waals surface area contributed by atoms with Gasteiger partial charge in [0.15, 0.2) is 12.2 Å². The van der Waals surface area contributed by atoms with Crippen LogP contribution in [0.5, 0.6) is 0 Å². The van der Waals surface area contributed by atoms with Crippen molar-refractivity contribution in [3.63, 3.8) is 0 Å². The zero-order chi connectivity index (χ0) is 45.6. The van der Waals surface area contributed by atoms with Crippen molar-refractivity contribution in [1.29, 1.82) is 0 Å². The first kappa shape index (κ1) is 50.1. The van der Waals surface area contributed by atoms with Crippen LogP contribution in [0, 0.1) is 23.7 Å². The van der Waals surface area contributed by atoms with E-state index in [2.05, 4.69) is 63.0 Å². The molecule has 4 aromatic carbocycles. The van der Waals surface area contributed by atoms with Gasteiger partial charge in [-0.3, -0.25) is 0 Å². The Bertz CT molecular complexity index is 1950. The molecule has 340 valence electrons. The van der Waals surface area contributed by atoms with E-state index in [1.807, 2.05) is 72.8 Å². The van der Waals surface area contributed by atoms with Gasteiger partial charge in [0.2, 0.25) is 0 Å². The summed E-state index contributed by atoms with van der Waals surface area (Å²) >= 11 is 0. The Labute approximate surface area is 382 Å². The van der Waals surface area contributed by atoms with Crippen LogP contribution in [0.4, 0.5) is 0 Å². The molecule has 0 amide bonds. The van der Waals surface area contributed by atoms with Gasteiger partial charge < -0.3 is 37.9 Å². The fourth-order valence-electron chi connectivity index (χ4n) is 6.41. The molecule has 0 unspecified atom stereocenters. The molecule has 5 rings (SSSR count). The molecule has 0 heterocycles. The fourth-order valence-corrected chi connectivity index (χ4v) is 7.93. The minimum atomic E-state index is -1.44. The monoisotopic (exact) mass is 904 g/mol. The summed E-state index contributed by atoms with van der Waals surface area (Å²) in [4.78, 5) is 28.0. The molecule has 4 aromatic rings. The van der Waals surface area contributed by atoms with Crippen molar-refractivity contribution in [3.8, 4) is 23.7 Å². The van der Waals surface area contributed by atoms with Gasteiger partial charge in [0.25, 0.3) is 0 Å². The summed E-state index contributed by atoms with van der Waals surface area (Å²) in [7, 11) is -2.88. The lowest BCUT2D eigenvalue weighted by Gasteiger charge is -2.36. The van der Waals surface area contributed by atoms with Gasteiger partial charge in [-0.2, -0.15) is 0 Å². The van der Waals surface area contributed by atoms with Gasteiger partial charge >= 0.3 is 11.9 Å². The Morgan fingerprint density at radius 1 is 0.500 bits per heavy atom. The molecule has 1 aliphatic carbocycles.